The van der Waals surface area contributed by atoms with E-state index in [0.717, 1.165) is 17.8 Å². The van der Waals surface area contributed by atoms with E-state index < -0.39 is 15.9 Å². The van der Waals surface area contributed by atoms with Crippen LogP contribution in [0.1, 0.15) is 42.6 Å². The highest BCUT2D eigenvalue weighted by atomic mass is 32.2. The second kappa shape index (κ2) is 8.04. The zero-order chi connectivity index (χ0) is 19.6. The summed E-state index contributed by atoms with van der Waals surface area (Å²) in [6.07, 6.45) is 1.77. The van der Waals surface area contributed by atoms with Crippen LogP contribution in [-0.2, 0) is 16.4 Å². The van der Waals surface area contributed by atoms with E-state index in [0.29, 0.717) is 30.1 Å². The summed E-state index contributed by atoms with van der Waals surface area (Å²) in [7, 11) is -3.63. The normalized spacial score (nSPS) is 21.1. The lowest BCUT2D eigenvalue weighted by Gasteiger charge is -2.34. The highest BCUT2D eigenvalue weighted by Gasteiger charge is 2.32. The van der Waals surface area contributed by atoms with E-state index in [1.165, 1.54) is 27.8 Å². The molecule has 1 aromatic heterocycles. The van der Waals surface area contributed by atoms with Crippen molar-refractivity contribution in [1.82, 2.24) is 14.5 Å². The van der Waals surface area contributed by atoms with Gasteiger partial charge in [-0.1, -0.05) is 38.2 Å². The van der Waals surface area contributed by atoms with Crippen molar-refractivity contribution in [3.05, 3.63) is 34.8 Å². The first-order valence-corrected chi connectivity index (χ1v) is 11.3. The van der Waals surface area contributed by atoms with Gasteiger partial charge >= 0.3 is 0 Å². The third-order valence-corrected chi connectivity index (χ3v) is 7.37. The summed E-state index contributed by atoms with van der Waals surface area (Å²) in [5, 5.41) is 11.8. The van der Waals surface area contributed by atoms with Crippen LogP contribution >= 0.6 is 11.3 Å². The molecule has 27 heavy (non-hydrogen) atoms. The lowest BCUT2D eigenvalue weighted by Crippen LogP contribution is -2.42. The largest absolute Gasteiger partial charge is 0.296 e. The fraction of sp³-hybridized carbons (Fsp3) is 0.500. The number of carbonyl (C=O) groups excluding carboxylic acids is 1. The molecule has 0 aliphatic carbocycles. The molecule has 1 aliphatic heterocycles. The van der Waals surface area contributed by atoms with Crippen molar-refractivity contribution in [2.45, 2.75) is 38.5 Å². The van der Waals surface area contributed by atoms with Crippen molar-refractivity contribution in [3.63, 3.8) is 0 Å². The molecule has 9 heteroatoms. The maximum atomic E-state index is 13.0. The number of nitrogens with zero attached hydrogens (tertiary/aromatic N) is 3. The van der Waals surface area contributed by atoms with Crippen LogP contribution in [-0.4, -0.2) is 41.9 Å². The molecule has 1 saturated heterocycles. The minimum Gasteiger partial charge on any atom is -0.296 e. The zero-order valence-electron chi connectivity index (χ0n) is 15.7. The van der Waals surface area contributed by atoms with E-state index in [1.54, 1.807) is 12.1 Å². The molecule has 3 rings (SSSR count). The van der Waals surface area contributed by atoms with Gasteiger partial charge in [-0.2, -0.15) is 4.31 Å². The first-order chi connectivity index (χ1) is 12.8. The van der Waals surface area contributed by atoms with Gasteiger partial charge in [-0.3, -0.25) is 10.1 Å². The van der Waals surface area contributed by atoms with Crippen LogP contribution in [0, 0.1) is 11.8 Å². The molecule has 1 N–H and O–H groups in total. The zero-order valence-corrected chi connectivity index (χ0v) is 17.3. The van der Waals surface area contributed by atoms with E-state index in [4.69, 9.17) is 0 Å². The van der Waals surface area contributed by atoms with Crippen molar-refractivity contribution in [2.75, 3.05) is 18.4 Å². The van der Waals surface area contributed by atoms with Crippen molar-refractivity contribution in [3.8, 4) is 0 Å². The lowest BCUT2D eigenvalue weighted by molar-refractivity contribution is 0.102. The van der Waals surface area contributed by atoms with E-state index in [9.17, 15) is 13.2 Å². The Morgan fingerprint density at radius 3 is 2.59 bits per heavy atom. The third-order valence-electron chi connectivity index (χ3n) is 4.56. The number of piperidine rings is 1. The van der Waals surface area contributed by atoms with Crippen LogP contribution in [0.5, 0.6) is 0 Å². The highest BCUT2D eigenvalue weighted by Crippen LogP contribution is 2.27. The Bertz CT molecular complexity index is 916. The maximum Gasteiger partial charge on any atom is 0.257 e. The molecule has 1 aliphatic rings. The van der Waals surface area contributed by atoms with Crippen molar-refractivity contribution >= 4 is 32.4 Å². The Labute approximate surface area is 163 Å². The maximum absolute atomic E-state index is 13.0. The molecule has 1 aromatic carbocycles. The van der Waals surface area contributed by atoms with Crippen molar-refractivity contribution in [2.24, 2.45) is 11.8 Å². The van der Waals surface area contributed by atoms with Crippen LogP contribution < -0.4 is 5.32 Å². The summed E-state index contributed by atoms with van der Waals surface area (Å²) >= 11 is 1.31. The number of sulfonamides is 1. The smallest absolute Gasteiger partial charge is 0.257 e. The van der Waals surface area contributed by atoms with Crippen molar-refractivity contribution < 1.29 is 13.2 Å². The fourth-order valence-corrected chi connectivity index (χ4v) is 5.77. The molecule has 2 unspecified atom stereocenters. The first-order valence-electron chi connectivity index (χ1n) is 9.03. The number of hydrogen-bond acceptors (Lipinski definition) is 6. The van der Waals surface area contributed by atoms with Gasteiger partial charge in [-0.15, -0.1) is 10.2 Å². The van der Waals surface area contributed by atoms with Gasteiger partial charge in [-0.05, 0) is 42.9 Å². The fourth-order valence-electron chi connectivity index (χ4n) is 3.37. The number of rotatable bonds is 5. The molecular formula is C18H24N4O3S2. The molecular weight excluding hydrogens is 384 g/mol. The Balaban J connectivity index is 1.80. The predicted octanol–water partition coefficient (Wildman–Crippen LogP) is 3.02. The van der Waals surface area contributed by atoms with Gasteiger partial charge in [0.05, 0.1) is 4.90 Å². The van der Waals surface area contributed by atoms with Gasteiger partial charge in [-0.25, -0.2) is 8.42 Å². The number of carbonyl (C=O) groups is 1. The summed E-state index contributed by atoms with van der Waals surface area (Å²) in [6.45, 7) is 7.10. The van der Waals surface area contributed by atoms with Gasteiger partial charge in [0.15, 0.2) is 0 Å². The SMILES string of the molecule is CCc1nnc(NC(=O)c2cccc(S(=O)(=O)N3CC(C)CC(C)C3)c2)s1. The Kier molecular flexibility index (Phi) is 5.92. The van der Waals surface area contributed by atoms with Gasteiger partial charge < -0.3 is 0 Å². The Morgan fingerprint density at radius 2 is 1.96 bits per heavy atom. The lowest BCUT2D eigenvalue weighted by atomic mass is 9.94. The predicted molar refractivity (Wildman–Crippen MR) is 105 cm³/mol. The van der Waals surface area contributed by atoms with Gasteiger partial charge in [0.25, 0.3) is 5.91 Å². The van der Waals surface area contributed by atoms with Crippen LogP contribution in [0.4, 0.5) is 5.13 Å². The molecule has 1 amide bonds. The van der Waals surface area contributed by atoms with Crippen LogP contribution in [0.15, 0.2) is 29.2 Å². The van der Waals surface area contributed by atoms with Crippen LogP contribution in [0.2, 0.25) is 0 Å². The number of hydrogen-bond donors (Lipinski definition) is 1. The minimum absolute atomic E-state index is 0.142. The molecule has 7 nitrogen and oxygen atoms in total. The van der Waals surface area contributed by atoms with E-state index >= 15 is 0 Å². The second-order valence-corrected chi connectivity index (χ2v) is 10.1. The number of aromatic nitrogens is 2. The summed E-state index contributed by atoms with van der Waals surface area (Å²) in [4.78, 5) is 12.6. The summed E-state index contributed by atoms with van der Waals surface area (Å²) in [5.74, 6) is 0.242. The molecule has 0 saturated carbocycles. The van der Waals surface area contributed by atoms with Crippen LogP contribution in [0.25, 0.3) is 0 Å². The summed E-state index contributed by atoms with van der Waals surface area (Å²) in [6, 6.07) is 6.15. The number of nitrogens with one attached hydrogen (secondary N) is 1. The van der Waals surface area contributed by atoms with E-state index in [-0.39, 0.29) is 10.5 Å². The molecule has 1 fully saturated rings. The number of amides is 1. The Hall–Kier alpha value is -1.84. The quantitative estimate of drug-likeness (QED) is 0.821. The second-order valence-electron chi connectivity index (χ2n) is 7.10. The third kappa shape index (κ3) is 4.53. The average Bonchev–Trinajstić information content (AvgIpc) is 3.08. The molecule has 2 heterocycles. The minimum atomic E-state index is -3.63. The summed E-state index contributed by atoms with van der Waals surface area (Å²) < 4.78 is 27.6. The number of aryl methyl sites for hydroxylation is 1. The average molecular weight is 409 g/mol. The van der Waals surface area contributed by atoms with Gasteiger partial charge in [0.1, 0.15) is 5.01 Å². The van der Waals surface area contributed by atoms with E-state index in [2.05, 4.69) is 29.4 Å². The Morgan fingerprint density at radius 1 is 1.26 bits per heavy atom. The highest BCUT2D eigenvalue weighted by molar-refractivity contribution is 7.89. The molecule has 0 spiro atoms. The molecule has 0 radical (unpaired) electrons. The summed E-state index contributed by atoms with van der Waals surface area (Å²) in [5.41, 5.74) is 0.280. The van der Waals surface area contributed by atoms with Gasteiger partial charge in [0, 0.05) is 18.7 Å². The monoisotopic (exact) mass is 408 g/mol. The van der Waals surface area contributed by atoms with E-state index in [1.807, 2.05) is 6.92 Å². The molecule has 146 valence electrons. The first kappa shape index (κ1) is 19.9. The van der Waals surface area contributed by atoms with Crippen molar-refractivity contribution in [1.29, 1.82) is 0 Å². The molecule has 2 atom stereocenters. The molecule has 0 bridgehead atoms. The molecule has 2 aromatic rings. The number of benzene rings is 1. The van der Waals surface area contributed by atoms with Gasteiger partial charge in [0.2, 0.25) is 15.2 Å². The number of anilines is 1. The standard InChI is InChI=1S/C18H24N4O3S2/c1-4-16-20-21-18(26-16)19-17(23)14-6-5-7-15(9-14)27(24,25)22-10-12(2)8-13(3)11-22/h5-7,9,12-13H,4,8,10-11H2,1-3H3,(H,19,21,23). The van der Waals surface area contributed by atoms with Crippen LogP contribution in [0.3, 0.4) is 0 Å². The topological polar surface area (TPSA) is 92.3 Å².